The number of halogens is 1. The third-order valence-corrected chi connectivity index (χ3v) is 3.20. The second-order valence-corrected chi connectivity index (χ2v) is 5.76. The molecule has 1 aromatic carbocycles. The molecule has 0 aromatic heterocycles. The Morgan fingerprint density at radius 2 is 2.05 bits per heavy atom. The smallest absolute Gasteiger partial charge is 0.340 e. The normalized spacial score (nSPS) is 13.1. The van der Waals surface area contributed by atoms with Gasteiger partial charge in [-0.1, -0.05) is 20.8 Å². The molecular weight excluding hydrogens is 263 g/mol. The minimum absolute atomic E-state index is 0.0337. The van der Waals surface area contributed by atoms with Crippen LogP contribution in [0.2, 0.25) is 0 Å². The first-order chi connectivity index (χ1) is 9.18. The average molecular weight is 284 g/mol. The fourth-order valence-electron chi connectivity index (χ4n) is 1.98. The van der Waals surface area contributed by atoms with Gasteiger partial charge in [-0.05, 0) is 24.0 Å². The highest BCUT2D eigenvalue weighted by molar-refractivity contribution is 6.00. The Bertz CT molecular complexity index is 498. The van der Waals surface area contributed by atoms with Gasteiger partial charge in [0, 0.05) is 12.6 Å². The summed E-state index contributed by atoms with van der Waals surface area (Å²) in [6.07, 6.45) is 0.444. The molecule has 1 rings (SSSR count). The highest BCUT2D eigenvalue weighted by Gasteiger charge is 2.26. The minimum Gasteiger partial charge on any atom is -0.478 e. The van der Waals surface area contributed by atoms with E-state index in [0.717, 1.165) is 6.07 Å². The maximum atomic E-state index is 13.4. The molecule has 112 valence electrons. The molecule has 0 saturated heterocycles. The first kappa shape index (κ1) is 16.2. The van der Waals surface area contributed by atoms with Gasteiger partial charge in [-0.3, -0.25) is 0 Å². The lowest BCUT2D eigenvalue weighted by atomic mass is 9.84. The van der Waals surface area contributed by atoms with Crippen LogP contribution in [0.3, 0.4) is 0 Å². The van der Waals surface area contributed by atoms with Crippen LogP contribution in [0.4, 0.5) is 15.8 Å². The highest BCUT2D eigenvalue weighted by Crippen LogP contribution is 2.30. The van der Waals surface area contributed by atoms with E-state index in [1.54, 1.807) is 0 Å². The summed E-state index contributed by atoms with van der Waals surface area (Å²) in [6, 6.07) is 2.31. The van der Waals surface area contributed by atoms with Crippen molar-refractivity contribution < 1.29 is 19.4 Å². The average Bonchev–Trinajstić information content (AvgIpc) is 2.31. The van der Waals surface area contributed by atoms with Crippen LogP contribution in [0, 0.1) is 11.2 Å². The van der Waals surface area contributed by atoms with Gasteiger partial charge in [0.15, 0.2) is 0 Å². The molecule has 6 heteroatoms. The van der Waals surface area contributed by atoms with Crippen molar-refractivity contribution in [3.63, 3.8) is 0 Å². The topological polar surface area (TPSA) is 95.6 Å². The van der Waals surface area contributed by atoms with Crippen molar-refractivity contribution in [2.45, 2.75) is 33.2 Å². The third-order valence-electron chi connectivity index (χ3n) is 3.20. The molecule has 5 nitrogen and oxygen atoms in total. The molecular formula is C14H21FN2O3. The molecule has 0 aliphatic heterocycles. The lowest BCUT2D eigenvalue weighted by molar-refractivity contribution is 0.0698. The number of carboxylic acid groups (broad SMARTS) is 1. The van der Waals surface area contributed by atoms with E-state index >= 15 is 0 Å². The Balaban J connectivity index is 3.19. The van der Waals surface area contributed by atoms with Gasteiger partial charge in [-0.2, -0.15) is 0 Å². The molecule has 0 amide bonds. The SMILES string of the molecule is CC(C)(C)C(CCO)Nc1ccc(F)c(N)c1C(=O)O. The maximum Gasteiger partial charge on any atom is 0.340 e. The van der Waals surface area contributed by atoms with Crippen molar-refractivity contribution in [2.75, 3.05) is 17.7 Å². The van der Waals surface area contributed by atoms with Crippen molar-refractivity contribution in [3.8, 4) is 0 Å². The van der Waals surface area contributed by atoms with E-state index in [-0.39, 0.29) is 35.0 Å². The van der Waals surface area contributed by atoms with Gasteiger partial charge in [-0.15, -0.1) is 0 Å². The number of aliphatic hydroxyl groups is 1. The second-order valence-electron chi connectivity index (χ2n) is 5.76. The molecule has 1 aromatic rings. The molecule has 0 bridgehead atoms. The van der Waals surface area contributed by atoms with Crippen LogP contribution in [-0.2, 0) is 0 Å². The van der Waals surface area contributed by atoms with Crippen LogP contribution in [0.5, 0.6) is 0 Å². The van der Waals surface area contributed by atoms with Crippen molar-refractivity contribution in [3.05, 3.63) is 23.5 Å². The van der Waals surface area contributed by atoms with Crippen LogP contribution in [-0.4, -0.2) is 28.8 Å². The molecule has 0 aliphatic rings. The zero-order valence-electron chi connectivity index (χ0n) is 11.9. The van der Waals surface area contributed by atoms with Gasteiger partial charge in [0.25, 0.3) is 0 Å². The van der Waals surface area contributed by atoms with Gasteiger partial charge < -0.3 is 21.3 Å². The highest BCUT2D eigenvalue weighted by atomic mass is 19.1. The van der Waals surface area contributed by atoms with E-state index < -0.39 is 11.8 Å². The van der Waals surface area contributed by atoms with Crippen molar-refractivity contribution in [2.24, 2.45) is 5.41 Å². The van der Waals surface area contributed by atoms with E-state index in [0.29, 0.717) is 6.42 Å². The summed E-state index contributed by atoms with van der Waals surface area (Å²) in [5.41, 5.74) is 4.88. The van der Waals surface area contributed by atoms with Crippen LogP contribution >= 0.6 is 0 Å². The van der Waals surface area contributed by atoms with E-state index in [9.17, 15) is 14.3 Å². The van der Waals surface area contributed by atoms with Crippen LogP contribution < -0.4 is 11.1 Å². The molecule has 20 heavy (non-hydrogen) atoms. The van der Waals surface area contributed by atoms with Gasteiger partial charge in [0.05, 0.1) is 11.4 Å². The van der Waals surface area contributed by atoms with Crippen LogP contribution in [0.25, 0.3) is 0 Å². The van der Waals surface area contributed by atoms with Crippen molar-refractivity contribution in [1.82, 2.24) is 0 Å². The Labute approximate surface area is 117 Å². The Hall–Kier alpha value is -1.82. The van der Waals surface area contributed by atoms with Gasteiger partial charge in [0.1, 0.15) is 11.4 Å². The number of rotatable bonds is 5. The molecule has 5 N–H and O–H groups in total. The van der Waals surface area contributed by atoms with E-state index in [4.69, 9.17) is 10.8 Å². The maximum absolute atomic E-state index is 13.4. The molecule has 1 atom stereocenters. The summed E-state index contributed by atoms with van der Waals surface area (Å²) in [7, 11) is 0. The molecule has 0 heterocycles. The standard InChI is InChI=1S/C14H21FN2O3/c1-14(2,3)10(6-7-18)17-9-5-4-8(15)12(16)11(9)13(19)20/h4-5,10,17-18H,6-7,16H2,1-3H3,(H,19,20). The van der Waals surface area contributed by atoms with E-state index in [1.807, 2.05) is 20.8 Å². The first-order valence-corrected chi connectivity index (χ1v) is 6.37. The van der Waals surface area contributed by atoms with Crippen molar-refractivity contribution in [1.29, 1.82) is 0 Å². The number of carbonyl (C=O) groups is 1. The van der Waals surface area contributed by atoms with E-state index in [2.05, 4.69) is 5.32 Å². The molecule has 0 fully saturated rings. The summed E-state index contributed by atoms with van der Waals surface area (Å²) >= 11 is 0. The summed E-state index contributed by atoms with van der Waals surface area (Å²) in [5.74, 6) is -2.05. The third kappa shape index (κ3) is 3.60. The predicted molar refractivity (Wildman–Crippen MR) is 76.3 cm³/mol. The Kier molecular flexibility index (Phi) is 4.94. The molecule has 0 saturated carbocycles. The zero-order valence-corrected chi connectivity index (χ0v) is 11.9. The van der Waals surface area contributed by atoms with Crippen LogP contribution in [0.1, 0.15) is 37.6 Å². The fourth-order valence-corrected chi connectivity index (χ4v) is 1.98. The molecule has 0 spiro atoms. The number of hydrogen-bond donors (Lipinski definition) is 4. The molecule has 0 aliphatic carbocycles. The van der Waals surface area contributed by atoms with Gasteiger partial charge in [-0.25, -0.2) is 9.18 Å². The monoisotopic (exact) mass is 284 g/mol. The summed E-state index contributed by atoms with van der Waals surface area (Å²) < 4.78 is 13.4. The number of carboxylic acids is 1. The zero-order chi connectivity index (χ0) is 15.5. The second kappa shape index (κ2) is 6.09. The number of nitrogen functional groups attached to an aromatic ring is 1. The Morgan fingerprint density at radius 1 is 1.45 bits per heavy atom. The lowest BCUT2D eigenvalue weighted by Gasteiger charge is -2.32. The van der Waals surface area contributed by atoms with E-state index in [1.165, 1.54) is 6.07 Å². The largest absolute Gasteiger partial charge is 0.478 e. The molecule has 1 unspecified atom stereocenters. The van der Waals surface area contributed by atoms with Gasteiger partial charge in [0.2, 0.25) is 0 Å². The van der Waals surface area contributed by atoms with Gasteiger partial charge >= 0.3 is 5.97 Å². The molecule has 0 radical (unpaired) electrons. The number of aliphatic hydroxyl groups excluding tert-OH is 1. The lowest BCUT2D eigenvalue weighted by Crippen LogP contribution is -2.35. The summed E-state index contributed by atoms with van der Waals surface area (Å²) in [4.78, 5) is 11.2. The number of hydrogen-bond acceptors (Lipinski definition) is 4. The number of nitrogens with one attached hydrogen (secondary N) is 1. The quantitative estimate of drug-likeness (QED) is 0.622. The first-order valence-electron chi connectivity index (χ1n) is 6.37. The Morgan fingerprint density at radius 3 is 2.50 bits per heavy atom. The summed E-state index contributed by atoms with van der Waals surface area (Å²) in [6.45, 7) is 5.86. The number of nitrogens with two attached hydrogens (primary N) is 1. The fraction of sp³-hybridized carbons (Fsp3) is 0.500. The number of benzene rings is 1. The minimum atomic E-state index is -1.29. The number of aromatic carboxylic acids is 1. The number of anilines is 2. The predicted octanol–water partition coefficient (Wildman–Crippen LogP) is 2.32. The summed E-state index contributed by atoms with van der Waals surface area (Å²) in [5, 5.41) is 21.3. The van der Waals surface area contributed by atoms with Crippen molar-refractivity contribution >= 4 is 17.3 Å². The van der Waals surface area contributed by atoms with Crippen LogP contribution in [0.15, 0.2) is 12.1 Å².